The average Bonchev–Trinajstić information content (AvgIpc) is 1.69. The maximum absolute atomic E-state index is 9.40. The van der Waals surface area contributed by atoms with E-state index in [2.05, 4.69) is 10.2 Å². The maximum atomic E-state index is 9.40. The van der Waals surface area contributed by atoms with Crippen LogP contribution in [0.3, 0.4) is 0 Å². The lowest BCUT2D eigenvalue weighted by atomic mass is 11.3. The van der Waals surface area contributed by atoms with Crippen LogP contribution < -0.4 is 10.6 Å². The number of amides is 1. The first-order valence-electron chi connectivity index (χ1n) is 1.55. The SMILES string of the molecule is N=[N+]=N.NC(=O)O[SiH3]. The molecule has 0 rings (SSSR count). The molecule has 6 nitrogen and oxygen atoms in total. The van der Waals surface area contributed by atoms with E-state index in [0.29, 0.717) is 10.5 Å². The molecular weight excluding hydrogens is 128 g/mol. The first kappa shape index (κ1) is 9.93. The lowest BCUT2D eigenvalue weighted by molar-refractivity contribution is 0.215. The minimum absolute atomic E-state index is 0.399. The third-order valence-corrected chi connectivity index (χ3v) is 0.604. The molecule has 0 bridgehead atoms. The Balaban J connectivity index is 0. The molecule has 0 unspecified atom stereocenters. The van der Waals surface area contributed by atoms with Crippen LogP contribution in [-0.4, -0.2) is 16.6 Å². The van der Waals surface area contributed by atoms with E-state index >= 15 is 0 Å². The van der Waals surface area contributed by atoms with Gasteiger partial charge in [-0.2, -0.15) is 0 Å². The van der Waals surface area contributed by atoms with Crippen molar-refractivity contribution >= 4 is 16.6 Å². The van der Waals surface area contributed by atoms with Crippen molar-refractivity contribution in [2.75, 3.05) is 0 Å². The molecule has 0 atom stereocenters. The first-order valence-corrected chi connectivity index (χ1v) is 2.37. The highest BCUT2D eigenvalue weighted by atomic mass is 28.2. The number of nitrogens with zero attached hydrogens (tertiary/aromatic N) is 1. The number of rotatable bonds is 0. The van der Waals surface area contributed by atoms with Gasteiger partial charge in [-0.3, -0.25) is 0 Å². The second-order valence-corrected chi connectivity index (χ2v) is 1.04. The van der Waals surface area contributed by atoms with Crippen molar-refractivity contribution in [2.24, 2.45) is 5.73 Å². The Labute approximate surface area is 48.6 Å². The summed E-state index contributed by atoms with van der Waals surface area (Å²) >= 11 is 0. The second kappa shape index (κ2) is 9.25. The van der Waals surface area contributed by atoms with Crippen molar-refractivity contribution in [3.63, 3.8) is 0 Å². The van der Waals surface area contributed by atoms with Gasteiger partial charge < -0.3 is 10.2 Å². The molecule has 0 aliphatic carbocycles. The predicted octanol–water partition coefficient (Wildman–Crippen LogP) is -1.52. The molecule has 0 aromatic heterocycles. The highest BCUT2D eigenvalue weighted by molar-refractivity contribution is 6.04. The van der Waals surface area contributed by atoms with Crippen LogP contribution in [0.4, 0.5) is 4.79 Å². The van der Waals surface area contributed by atoms with E-state index in [9.17, 15) is 4.79 Å². The van der Waals surface area contributed by atoms with Crippen molar-refractivity contribution in [3.05, 3.63) is 0 Å². The third kappa shape index (κ3) is 109. The van der Waals surface area contributed by atoms with E-state index in [1.807, 2.05) is 4.91 Å². The standard InChI is InChI=1S/CH5NO2Si.H2N3/c2-1(3)4-5;1-3-2/h5H3,(H2,2,3);1-2H/q;+1. The largest absolute Gasteiger partial charge is 0.513 e. The van der Waals surface area contributed by atoms with Gasteiger partial charge in [-0.05, 0) is 0 Å². The summed E-state index contributed by atoms with van der Waals surface area (Å²) in [5.74, 6) is 0. The summed E-state index contributed by atoms with van der Waals surface area (Å²) in [7, 11) is 0.399. The van der Waals surface area contributed by atoms with Crippen molar-refractivity contribution in [1.29, 1.82) is 11.1 Å². The smallest absolute Gasteiger partial charge is 0.390 e. The summed E-state index contributed by atoms with van der Waals surface area (Å²) in [5.41, 5.74) is 15.5. The molecule has 4 N–H and O–H groups in total. The molecule has 0 radical (unpaired) electrons. The monoisotopic (exact) mass is 135 g/mol. The van der Waals surface area contributed by atoms with Crippen molar-refractivity contribution in [3.8, 4) is 0 Å². The highest BCUT2D eigenvalue weighted by Crippen LogP contribution is 1.53. The number of nitrogens with two attached hydrogens (primary N) is 1. The molecule has 0 aliphatic heterocycles. The number of hydrogen-bond donors (Lipinski definition) is 3. The topological polar surface area (TPSA) is 114 Å². The van der Waals surface area contributed by atoms with Gasteiger partial charge in [-0.1, -0.05) is 0 Å². The van der Waals surface area contributed by atoms with Crippen molar-refractivity contribution in [2.45, 2.75) is 0 Å². The molecule has 46 valence electrons. The number of hydrogen-bond acceptors (Lipinski definition) is 4. The molecule has 0 aromatic carbocycles. The zero-order valence-electron chi connectivity index (χ0n) is 4.34. The zero-order chi connectivity index (χ0) is 6.99. The maximum Gasteiger partial charge on any atom is 0.390 e. The molecule has 0 spiro atoms. The third-order valence-electron chi connectivity index (χ3n) is 0.201. The molecular formula is CH7N4O2Si+. The fraction of sp³-hybridized carbons (Fsp3) is 0. The Hall–Kier alpha value is -1.20. The molecule has 0 aliphatic rings. The summed E-state index contributed by atoms with van der Waals surface area (Å²) in [4.78, 5) is 11.4. The highest BCUT2D eigenvalue weighted by Gasteiger charge is 1.75. The van der Waals surface area contributed by atoms with Gasteiger partial charge in [0.25, 0.3) is 0 Å². The van der Waals surface area contributed by atoms with E-state index in [0.717, 1.165) is 0 Å². The fourth-order valence-electron chi connectivity index (χ4n) is 0. The van der Waals surface area contributed by atoms with Crippen LogP contribution in [0.1, 0.15) is 0 Å². The normalized spacial score (nSPS) is 5.50. The van der Waals surface area contributed by atoms with Gasteiger partial charge in [-0.25, -0.2) is 4.79 Å². The van der Waals surface area contributed by atoms with Crippen LogP contribution in [0.15, 0.2) is 0 Å². The van der Waals surface area contributed by atoms with E-state index in [4.69, 9.17) is 11.1 Å². The van der Waals surface area contributed by atoms with Gasteiger partial charge in [0.05, 0.1) is 0 Å². The Morgan fingerprint density at radius 2 is 1.88 bits per heavy atom. The predicted molar refractivity (Wildman–Crippen MR) is 28.2 cm³/mol. The van der Waals surface area contributed by atoms with Crippen LogP contribution in [0.5, 0.6) is 0 Å². The van der Waals surface area contributed by atoms with Crippen molar-refractivity contribution < 1.29 is 9.22 Å². The van der Waals surface area contributed by atoms with Gasteiger partial charge in [0.1, 0.15) is 11.1 Å². The van der Waals surface area contributed by atoms with E-state index in [-0.39, 0.29) is 0 Å². The Morgan fingerprint density at radius 1 is 1.75 bits per heavy atom. The molecule has 0 saturated carbocycles. The summed E-state index contributed by atoms with van der Waals surface area (Å²) in [6.07, 6.45) is -0.684. The number of carbonyl (C=O) groups excluding carboxylic acids is 1. The van der Waals surface area contributed by atoms with Crippen LogP contribution in [-0.2, 0) is 4.43 Å². The van der Waals surface area contributed by atoms with Crippen LogP contribution in [0, 0.1) is 11.1 Å². The summed E-state index contributed by atoms with van der Waals surface area (Å²) in [5, 5.41) is 0. The van der Waals surface area contributed by atoms with Gasteiger partial charge >= 0.3 is 6.09 Å². The molecule has 7 heteroatoms. The lowest BCUT2D eigenvalue weighted by Crippen LogP contribution is -2.09. The minimum atomic E-state index is -0.684. The number of carbonyl (C=O) groups is 1. The summed E-state index contributed by atoms with van der Waals surface area (Å²) in [6.45, 7) is 0. The minimum Gasteiger partial charge on any atom is -0.513 e. The van der Waals surface area contributed by atoms with Crippen LogP contribution >= 0.6 is 0 Å². The summed E-state index contributed by atoms with van der Waals surface area (Å²) < 4.78 is 4.03. The molecule has 8 heavy (non-hydrogen) atoms. The zero-order valence-corrected chi connectivity index (χ0v) is 6.34. The number of primary amides is 1. The molecule has 0 heterocycles. The van der Waals surface area contributed by atoms with E-state index < -0.39 is 6.09 Å². The Kier molecular flexibility index (Phi) is 11.5. The van der Waals surface area contributed by atoms with E-state index in [1.54, 1.807) is 0 Å². The van der Waals surface area contributed by atoms with Gasteiger partial charge in [0, 0.05) is 0 Å². The molecule has 0 fully saturated rings. The molecule has 1 amide bonds. The Morgan fingerprint density at radius 3 is 1.88 bits per heavy atom. The van der Waals surface area contributed by atoms with Crippen LogP contribution in [0.25, 0.3) is 0 Å². The lowest BCUT2D eigenvalue weighted by Gasteiger charge is -1.82. The van der Waals surface area contributed by atoms with Crippen molar-refractivity contribution in [1.82, 2.24) is 4.91 Å². The fourth-order valence-corrected chi connectivity index (χ4v) is 0. The molecule has 0 aromatic rings. The average molecular weight is 135 g/mol. The first-order chi connectivity index (χ1) is 3.68. The Bertz CT molecular complexity index is 96.2. The van der Waals surface area contributed by atoms with Gasteiger partial charge in [-0.15, -0.1) is 0 Å². The van der Waals surface area contributed by atoms with Gasteiger partial charge in [0.2, 0.25) is 15.4 Å². The molecule has 0 saturated heterocycles. The van der Waals surface area contributed by atoms with Gasteiger partial charge in [0.15, 0.2) is 0 Å². The van der Waals surface area contributed by atoms with E-state index in [1.165, 1.54) is 0 Å². The number of nitrogens with one attached hydrogen (secondary N) is 2. The summed E-state index contributed by atoms with van der Waals surface area (Å²) in [6, 6.07) is 0. The second-order valence-electron chi connectivity index (χ2n) is 0.635. The quantitative estimate of drug-likeness (QED) is 0.212. The van der Waals surface area contributed by atoms with Crippen LogP contribution in [0.2, 0.25) is 0 Å².